The zero-order chi connectivity index (χ0) is 43.6. The van der Waals surface area contributed by atoms with Crippen molar-refractivity contribution in [1.82, 2.24) is 10.2 Å². The van der Waals surface area contributed by atoms with E-state index >= 15 is 0 Å². The molecule has 1 aliphatic heterocycles. The molecule has 2 amide bonds. The lowest BCUT2D eigenvalue weighted by molar-refractivity contribution is -0.120. The van der Waals surface area contributed by atoms with Crippen LogP contribution in [-0.2, 0) is 59.3 Å². The minimum atomic E-state index is -0.765. The zero-order valence-electron chi connectivity index (χ0n) is 36.9. The second-order valence-corrected chi connectivity index (χ2v) is 17.6. The predicted molar refractivity (Wildman–Crippen MR) is 247 cm³/mol. The van der Waals surface area contributed by atoms with Gasteiger partial charge in [0.15, 0.2) is 5.78 Å². The summed E-state index contributed by atoms with van der Waals surface area (Å²) >= 11 is 0. The van der Waals surface area contributed by atoms with Crippen molar-refractivity contribution in [1.29, 1.82) is 0 Å². The molecule has 1 fully saturated rings. The highest BCUT2D eigenvalue weighted by atomic mass is 16.5. The first-order chi connectivity index (χ1) is 30.0. The fourth-order valence-electron chi connectivity index (χ4n) is 9.13. The summed E-state index contributed by atoms with van der Waals surface area (Å²) in [6.45, 7) is 9.11. The molecule has 0 saturated carbocycles. The molecule has 322 valence electrons. The van der Waals surface area contributed by atoms with Crippen molar-refractivity contribution < 1.29 is 23.9 Å². The maximum Gasteiger partial charge on any atom is 0.320 e. The van der Waals surface area contributed by atoms with Crippen molar-refractivity contribution in [3.8, 4) is 5.75 Å². The molecule has 0 radical (unpaired) electrons. The Kier molecular flexibility index (Phi) is 14.8. The molecule has 8 nitrogen and oxygen atoms in total. The highest BCUT2D eigenvalue weighted by Gasteiger charge is 2.25. The van der Waals surface area contributed by atoms with E-state index in [1.165, 1.54) is 49.7 Å². The van der Waals surface area contributed by atoms with Crippen molar-refractivity contribution in [3.63, 3.8) is 0 Å². The summed E-state index contributed by atoms with van der Waals surface area (Å²) in [6, 6.07) is 32.9. The zero-order valence-corrected chi connectivity index (χ0v) is 36.9. The van der Waals surface area contributed by atoms with Gasteiger partial charge in [0, 0.05) is 38.6 Å². The van der Waals surface area contributed by atoms with E-state index in [2.05, 4.69) is 39.8 Å². The van der Waals surface area contributed by atoms with Crippen molar-refractivity contribution in [2.75, 3.05) is 32.1 Å². The van der Waals surface area contributed by atoms with Gasteiger partial charge >= 0.3 is 6.03 Å². The first kappa shape index (κ1) is 44.2. The number of hydrogen-bond acceptors (Lipinski definition) is 6. The summed E-state index contributed by atoms with van der Waals surface area (Å²) in [5.74, 6) is 1.85. The Morgan fingerprint density at radius 1 is 0.726 bits per heavy atom. The van der Waals surface area contributed by atoms with E-state index in [9.17, 15) is 19.2 Å². The second kappa shape index (κ2) is 20.8. The number of benzene rings is 5. The van der Waals surface area contributed by atoms with Gasteiger partial charge in [-0.2, -0.15) is 0 Å². The van der Waals surface area contributed by atoms with Crippen LogP contribution in [0.3, 0.4) is 0 Å². The Balaban J connectivity index is 0.000000186. The van der Waals surface area contributed by atoms with Gasteiger partial charge in [-0.25, -0.2) is 4.79 Å². The van der Waals surface area contributed by atoms with Gasteiger partial charge < -0.3 is 20.3 Å². The van der Waals surface area contributed by atoms with Crippen LogP contribution in [0.25, 0.3) is 0 Å². The number of nitrogens with one attached hydrogen (secondary N) is 2. The van der Waals surface area contributed by atoms with E-state index in [4.69, 9.17) is 4.74 Å². The Hall–Kier alpha value is -5.86. The van der Waals surface area contributed by atoms with Gasteiger partial charge in [0.2, 0.25) is 0 Å². The number of urea groups is 1. The van der Waals surface area contributed by atoms with E-state index in [-0.39, 0.29) is 18.0 Å². The van der Waals surface area contributed by atoms with Crippen LogP contribution in [-0.4, -0.2) is 55.0 Å². The third-order valence-corrected chi connectivity index (χ3v) is 12.8. The number of fused-ring (bicyclic) bond motifs is 2. The van der Waals surface area contributed by atoms with E-state index in [0.717, 1.165) is 64.5 Å². The van der Waals surface area contributed by atoms with Gasteiger partial charge in [0.25, 0.3) is 0 Å². The highest BCUT2D eigenvalue weighted by molar-refractivity contribution is 5.96. The molecule has 0 spiro atoms. The van der Waals surface area contributed by atoms with Crippen molar-refractivity contribution in [3.05, 3.63) is 164 Å². The number of ketones is 3. The first-order valence-corrected chi connectivity index (χ1v) is 22.3. The van der Waals surface area contributed by atoms with Crippen LogP contribution in [0.1, 0.15) is 92.9 Å². The number of anilines is 1. The number of methoxy groups -OCH3 is 1. The largest absolute Gasteiger partial charge is 0.495 e. The number of aryl methyl sites for hydroxylation is 5. The third kappa shape index (κ3) is 11.9. The smallest absolute Gasteiger partial charge is 0.320 e. The Morgan fingerprint density at radius 2 is 1.42 bits per heavy atom. The van der Waals surface area contributed by atoms with E-state index in [0.29, 0.717) is 42.9 Å². The van der Waals surface area contributed by atoms with Crippen LogP contribution < -0.4 is 15.4 Å². The highest BCUT2D eigenvalue weighted by Crippen LogP contribution is 2.28. The predicted octanol–water partition coefficient (Wildman–Crippen LogP) is 9.59. The molecule has 2 N–H and O–H groups in total. The standard InChI is InChI=1S/C28H33NO2.C26H28N2O3/c30-27(17-22-5-7-25-18-28(31)19-26(25)16-22)10-13-29-11-8-20(9-12-29)14-21-4-6-23-2-1-3-24(23)15-21;1-17-10-13-24(31-4)22(14-17)27-26(30)28-25(21-8-6-5-7-9-21)23(29)16-20-12-11-18(2)19(3)15-20/h4-7,15-16,20H,1-3,8-14,17-19H2;5-15,25H,16H2,1-4H3,(H2,27,28,30)/t;25-/m.1/s1. The third-order valence-electron chi connectivity index (χ3n) is 12.8. The molecule has 0 aromatic heterocycles. The van der Waals surface area contributed by atoms with Crippen LogP contribution in [0.15, 0.2) is 103 Å². The summed E-state index contributed by atoms with van der Waals surface area (Å²) in [5, 5.41) is 5.65. The lowest BCUT2D eigenvalue weighted by Crippen LogP contribution is -2.37. The van der Waals surface area contributed by atoms with Gasteiger partial charge in [0.1, 0.15) is 23.4 Å². The van der Waals surface area contributed by atoms with Gasteiger partial charge in [-0.15, -0.1) is 0 Å². The van der Waals surface area contributed by atoms with Crippen LogP contribution in [0, 0.1) is 26.7 Å². The Bertz CT molecular complexity index is 2400. The van der Waals surface area contributed by atoms with Crippen LogP contribution in [0.2, 0.25) is 0 Å². The molecule has 3 aliphatic rings. The number of rotatable bonds is 14. The Labute approximate surface area is 367 Å². The van der Waals surface area contributed by atoms with Gasteiger partial charge in [-0.05, 0) is 152 Å². The van der Waals surface area contributed by atoms with E-state index in [1.807, 2.05) is 93.6 Å². The maximum atomic E-state index is 13.2. The minimum Gasteiger partial charge on any atom is -0.495 e. The monoisotopic (exact) mass is 831 g/mol. The number of Topliss-reactive ketones (excluding diaryl/α,β-unsaturated/α-hetero) is 3. The molecule has 2 aliphatic carbocycles. The molecule has 0 bridgehead atoms. The number of nitrogens with zero attached hydrogens (tertiary/aromatic N) is 1. The number of carbonyl (C=O) groups excluding carboxylic acids is 4. The van der Waals surface area contributed by atoms with Crippen molar-refractivity contribution >= 4 is 29.1 Å². The fraction of sp³-hybridized carbons (Fsp3) is 0.370. The van der Waals surface area contributed by atoms with Gasteiger partial charge in [-0.3, -0.25) is 14.4 Å². The minimum absolute atomic E-state index is 0.0826. The lowest BCUT2D eigenvalue weighted by atomic mass is 9.89. The van der Waals surface area contributed by atoms with Crippen LogP contribution in [0.5, 0.6) is 5.75 Å². The van der Waals surface area contributed by atoms with Crippen LogP contribution >= 0.6 is 0 Å². The first-order valence-electron chi connectivity index (χ1n) is 22.3. The molecule has 62 heavy (non-hydrogen) atoms. The quantitative estimate of drug-likeness (QED) is 0.116. The fourth-order valence-corrected chi connectivity index (χ4v) is 9.13. The van der Waals surface area contributed by atoms with E-state index < -0.39 is 12.1 Å². The summed E-state index contributed by atoms with van der Waals surface area (Å²) in [7, 11) is 1.55. The number of likely N-dealkylation sites (tertiary alicyclic amines) is 1. The summed E-state index contributed by atoms with van der Waals surface area (Å²) in [6.07, 6.45) is 10.00. The molecular weight excluding hydrogens is 771 g/mol. The molecule has 5 aromatic rings. The Morgan fingerprint density at radius 3 is 2.19 bits per heavy atom. The number of amides is 2. The normalized spacial score (nSPS) is 15.2. The number of ether oxygens (including phenoxy) is 1. The molecule has 8 rings (SSSR count). The van der Waals surface area contributed by atoms with Crippen LogP contribution in [0.4, 0.5) is 10.5 Å². The molecule has 0 unspecified atom stereocenters. The lowest BCUT2D eigenvalue weighted by Gasteiger charge is -2.32. The molecule has 5 aromatic carbocycles. The van der Waals surface area contributed by atoms with E-state index in [1.54, 1.807) is 24.3 Å². The summed E-state index contributed by atoms with van der Waals surface area (Å²) in [5.41, 5.74) is 13.5. The number of piperidine rings is 1. The number of carbonyl (C=O) groups is 4. The molecule has 1 saturated heterocycles. The summed E-state index contributed by atoms with van der Waals surface area (Å²) < 4.78 is 5.33. The average Bonchev–Trinajstić information content (AvgIpc) is 3.89. The molecule has 1 atom stereocenters. The maximum absolute atomic E-state index is 13.2. The summed E-state index contributed by atoms with van der Waals surface area (Å²) in [4.78, 5) is 52.6. The molecular formula is C54H61N3O5. The van der Waals surface area contributed by atoms with Crippen molar-refractivity contribution in [2.24, 2.45) is 5.92 Å². The topological polar surface area (TPSA) is 105 Å². The SMILES string of the molecule is COc1ccc(C)cc1NC(=O)N[C@@H](C(=O)Cc1ccc(C)c(C)c1)c1ccccc1.O=C(CCN1CCC(Cc2ccc3c(c2)CCC3)CC1)Cc1ccc2c(c1)CC(=O)C2. The number of hydrogen-bond donors (Lipinski definition) is 2. The second-order valence-electron chi connectivity index (χ2n) is 17.6. The van der Waals surface area contributed by atoms with Gasteiger partial charge in [0.05, 0.1) is 12.8 Å². The van der Waals surface area contributed by atoms with Crippen molar-refractivity contribution in [2.45, 2.75) is 97.4 Å². The van der Waals surface area contributed by atoms with Gasteiger partial charge in [-0.1, -0.05) is 91.0 Å². The average molecular weight is 832 g/mol. The molecule has 1 heterocycles. The molecule has 8 heteroatoms.